The van der Waals surface area contributed by atoms with Gasteiger partial charge in [-0.15, -0.1) is 0 Å². The van der Waals surface area contributed by atoms with Crippen molar-refractivity contribution in [2.75, 3.05) is 5.75 Å². The van der Waals surface area contributed by atoms with E-state index < -0.39 is 41.6 Å². The molecule has 20 heavy (non-hydrogen) atoms. The first-order valence-electron chi connectivity index (χ1n) is 5.74. The Morgan fingerprint density at radius 3 is 2.05 bits per heavy atom. The molecule has 0 aliphatic rings. The first-order chi connectivity index (χ1) is 9.20. The minimum absolute atomic E-state index is 0.0600. The van der Waals surface area contributed by atoms with Gasteiger partial charge in [0.05, 0.1) is 12.1 Å². The lowest BCUT2D eigenvalue weighted by molar-refractivity contribution is -0.133. The zero-order chi connectivity index (χ0) is 15.9. The number of primary amides is 2. The Morgan fingerprint density at radius 2 is 1.65 bits per heavy atom. The van der Waals surface area contributed by atoms with Crippen LogP contribution in [-0.4, -0.2) is 47.4 Å². The third kappa shape index (κ3) is 5.99. The van der Waals surface area contributed by atoms with Gasteiger partial charge in [-0.3, -0.25) is 19.2 Å². The number of hydrogen-bond donors (Lipinski definition) is 6. The van der Waals surface area contributed by atoms with Crippen molar-refractivity contribution >= 4 is 36.1 Å². The highest BCUT2D eigenvalue weighted by Gasteiger charge is 2.30. The van der Waals surface area contributed by atoms with Gasteiger partial charge >= 0.3 is 0 Å². The van der Waals surface area contributed by atoms with Crippen molar-refractivity contribution in [3.05, 3.63) is 0 Å². The number of nitrogens with two attached hydrogens (primary N) is 4. The minimum atomic E-state index is -1.58. The summed E-state index contributed by atoms with van der Waals surface area (Å²) in [6.45, 7) is 0. The molecular weight excluding hydrogens is 286 g/mol. The van der Waals surface area contributed by atoms with Gasteiger partial charge in [-0.25, -0.2) is 0 Å². The molecule has 0 aromatic rings. The molecule has 0 aliphatic heterocycles. The average molecular weight is 305 g/mol. The van der Waals surface area contributed by atoms with Crippen LogP contribution in [0, 0.1) is 0 Å². The van der Waals surface area contributed by atoms with E-state index in [0.717, 1.165) is 0 Å². The topological polar surface area (TPSA) is 184 Å². The first-order valence-corrected chi connectivity index (χ1v) is 6.37. The van der Waals surface area contributed by atoms with Crippen LogP contribution in [0.5, 0.6) is 0 Å². The average Bonchev–Trinajstić information content (AvgIpc) is 2.39. The fourth-order valence-electron chi connectivity index (χ4n) is 1.29. The maximum Gasteiger partial charge on any atom is 0.242 e. The molecule has 3 atom stereocenters. The summed E-state index contributed by atoms with van der Waals surface area (Å²) in [5, 5.41) is 2.30. The first kappa shape index (κ1) is 18.4. The Morgan fingerprint density at radius 1 is 1.10 bits per heavy atom. The third-order valence-corrected chi connectivity index (χ3v) is 2.88. The van der Waals surface area contributed by atoms with Gasteiger partial charge in [0.15, 0.2) is 5.78 Å². The summed E-state index contributed by atoms with van der Waals surface area (Å²) in [5.74, 6) is -3.10. The fraction of sp³-hybridized carbons (Fsp3) is 0.600. The Bertz CT molecular complexity index is 403. The molecule has 0 radical (unpaired) electrons. The molecule has 10 heteroatoms. The molecule has 0 saturated carbocycles. The summed E-state index contributed by atoms with van der Waals surface area (Å²) < 4.78 is 0. The second-order valence-corrected chi connectivity index (χ2v) is 4.50. The Hall–Kier alpha value is -1.65. The summed E-state index contributed by atoms with van der Waals surface area (Å²) in [7, 11) is 0. The van der Waals surface area contributed by atoms with Crippen molar-refractivity contribution in [2.24, 2.45) is 22.9 Å². The SMILES string of the molecule is NC(=O)CC[C@H](NC(=O)[C@@H](N)CS)C(=O)C(N)C(N)=O. The largest absolute Gasteiger partial charge is 0.370 e. The van der Waals surface area contributed by atoms with Crippen LogP contribution in [0.3, 0.4) is 0 Å². The van der Waals surface area contributed by atoms with Gasteiger partial charge in [0, 0.05) is 12.2 Å². The zero-order valence-corrected chi connectivity index (χ0v) is 11.6. The maximum absolute atomic E-state index is 11.9. The van der Waals surface area contributed by atoms with Crippen LogP contribution in [0.25, 0.3) is 0 Å². The highest BCUT2D eigenvalue weighted by Crippen LogP contribution is 2.02. The molecule has 0 bridgehead atoms. The van der Waals surface area contributed by atoms with Crippen molar-refractivity contribution in [1.82, 2.24) is 5.32 Å². The van der Waals surface area contributed by atoms with E-state index in [2.05, 4.69) is 17.9 Å². The van der Waals surface area contributed by atoms with Crippen molar-refractivity contribution in [3.63, 3.8) is 0 Å². The van der Waals surface area contributed by atoms with E-state index in [1.165, 1.54) is 0 Å². The maximum atomic E-state index is 11.9. The van der Waals surface area contributed by atoms with Crippen molar-refractivity contribution < 1.29 is 19.2 Å². The number of nitrogens with one attached hydrogen (secondary N) is 1. The number of rotatable bonds is 9. The molecule has 0 heterocycles. The van der Waals surface area contributed by atoms with Crippen LogP contribution in [-0.2, 0) is 19.2 Å². The van der Waals surface area contributed by atoms with Gasteiger partial charge in [0.25, 0.3) is 0 Å². The lowest BCUT2D eigenvalue weighted by Crippen LogP contribution is -2.56. The van der Waals surface area contributed by atoms with Gasteiger partial charge in [-0.1, -0.05) is 0 Å². The molecule has 0 saturated heterocycles. The van der Waals surface area contributed by atoms with Gasteiger partial charge in [-0.05, 0) is 6.42 Å². The summed E-state index contributed by atoms with van der Waals surface area (Å²) in [4.78, 5) is 45.1. The van der Waals surface area contributed by atoms with Crippen molar-refractivity contribution in [3.8, 4) is 0 Å². The molecule has 0 spiro atoms. The van der Waals surface area contributed by atoms with Crippen LogP contribution >= 0.6 is 12.6 Å². The van der Waals surface area contributed by atoms with Crippen LogP contribution in [0.4, 0.5) is 0 Å². The number of amides is 3. The smallest absolute Gasteiger partial charge is 0.242 e. The minimum Gasteiger partial charge on any atom is -0.370 e. The number of thiol groups is 1. The molecule has 9 nitrogen and oxygen atoms in total. The number of carbonyl (C=O) groups excluding carboxylic acids is 4. The molecule has 9 N–H and O–H groups in total. The Kier molecular flexibility index (Phi) is 7.80. The highest BCUT2D eigenvalue weighted by molar-refractivity contribution is 7.80. The van der Waals surface area contributed by atoms with Crippen LogP contribution < -0.4 is 28.3 Å². The number of hydrogen-bond acceptors (Lipinski definition) is 7. The van der Waals surface area contributed by atoms with Crippen LogP contribution in [0.2, 0.25) is 0 Å². The van der Waals surface area contributed by atoms with E-state index in [4.69, 9.17) is 22.9 Å². The number of carbonyl (C=O) groups is 4. The van der Waals surface area contributed by atoms with Crippen LogP contribution in [0.1, 0.15) is 12.8 Å². The van der Waals surface area contributed by atoms with E-state index >= 15 is 0 Å². The third-order valence-electron chi connectivity index (χ3n) is 2.49. The molecule has 0 aromatic heterocycles. The molecule has 0 aliphatic carbocycles. The molecule has 114 valence electrons. The Labute approximate surface area is 121 Å². The number of ketones is 1. The second-order valence-electron chi connectivity index (χ2n) is 4.14. The van der Waals surface area contributed by atoms with E-state index in [9.17, 15) is 19.2 Å². The van der Waals surface area contributed by atoms with Crippen molar-refractivity contribution in [2.45, 2.75) is 31.0 Å². The summed E-state index contributed by atoms with van der Waals surface area (Å²) in [6, 6.07) is -3.68. The lowest BCUT2D eigenvalue weighted by atomic mass is 10.00. The van der Waals surface area contributed by atoms with Gasteiger partial charge < -0.3 is 28.3 Å². The predicted molar refractivity (Wildman–Crippen MR) is 74.4 cm³/mol. The lowest BCUT2D eigenvalue weighted by Gasteiger charge is -2.21. The van der Waals surface area contributed by atoms with Crippen LogP contribution in [0.15, 0.2) is 0 Å². The number of Topliss-reactive ketones (excluding diaryl/α,β-unsaturated/α-hetero) is 1. The van der Waals surface area contributed by atoms with Gasteiger partial charge in [0.2, 0.25) is 17.7 Å². The standard InChI is InChI=1S/C10H19N5O4S/c11-4(3-20)10(19)15-5(1-2-6(12)16)8(17)7(13)9(14)18/h4-5,7,20H,1-3,11,13H2,(H2,12,16)(H2,14,18)(H,15,19)/t4-,5-,7?/m0/s1. The zero-order valence-electron chi connectivity index (χ0n) is 10.7. The molecule has 3 amide bonds. The van der Waals surface area contributed by atoms with Gasteiger partial charge in [-0.2, -0.15) is 12.6 Å². The Balaban J connectivity index is 4.88. The fourth-order valence-corrected chi connectivity index (χ4v) is 1.46. The molecule has 1 unspecified atom stereocenters. The quantitative estimate of drug-likeness (QED) is 0.188. The summed E-state index contributed by atoms with van der Waals surface area (Å²) in [6.07, 6.45) is -0.265. The van der Waals surface area contributed by atoms with E-state index in [-0.39, 0.29) is 18.6 Å². The molecule has 0 fully saturated rings. The second kappa shape index (κ2) is 8.51. The van der Waals surface area contributed by atoms with E-state index in [0.29, 0.717) is 0 Å². The van der Waals surface area contributed by atoms with E-state index in [1.807, 2.05) is 0 Å². The monoisotopic (exact) mass is 305 g/mol. The summed E-state index contributed by atoms with van der Waals surface area (Å²) >= 11 is 3.84. The predicted octanol–water partition coefficient (Wildman–Crippen LogP) is -3.62. The van der Waals surface area contributed by atoms with E-state index in [1.54, 1.807) is 0 Å². The highest BCUT2D eigenvalue weighted by atomic mass is 32.1. The molecular formula is C10H19N5O4S. The normalized spacial score (nSPS) is 14.9. The molecule has 0 rings (SSSR count). The van der Waals surface area contributed by atoms with Gasteiger partial charge in [0.1, 0.15) is 6.04 Å². The summed E-state index contributed by atoms with van der Waals surface area (Å²) in [5.41, 5.74) is 20.6. The molecule has 0 aromatic carbocycles. The van der Waals surface area contributed by atoms with Crippen molar-refractivity contribution in [1.29, 1.82) is 0 Å².